The molecule has 1 aromatic rings. The van der Waals surface area contributed by atoms with Crippen molar-refractivity contribution in [2.75, 3.05) is 19.5 Å². The van der Waals surface area contributed by atoms with Crippen molar-refractivity contribution >= 4 is 17.3 Å². The smallest absolute Gasteiger partial charge is 0.145 e. The van der Waals surface area contributed by atoms with Crippen molar-refractivity contribution in [2.24, 2.45) is 0 Å². The molecule has 1 rings (SSSR count). The Morgan fingerprint density at radius 3 is 2.44 bits per heavy atom. The standard InChI is InChI=1S/C12H16ClNO2/c1-5-8(2)14-10-6-9(13)11(15-3)7-12(10)16-4/h5-8,14H,1H2,2-4H3. The second-order valence-electron chi connectivity index (χ2n) is 3.36. The highest BCUT2D eigenvalue weighted by molar-refractivity contribution is 6.32. The Bertz CT molecular complexity index is 380. The van der Waals surface area contributed by atoms with E-state index >= 15 is 0 Å². The number of hydrogen-bond donors (Lipinski definition) is 1. The summed E-state index contributed by atoms with van der Waals surface area (Å²) in [7, 11) is 3.17. The summed E-state index contributed by atoms with van der Waals surface area (Å²) in [5, 5.41) is 3.76. The highest BCUT2D eigenvalue weighted by Crippen LogP contribution is 2.36. The van der Waals surface area contributed by atoms with Crippen LogP contribution in [0.2, 0.25) is 5.02 Å². The van der Waals surface area contributed by atoms with E-state index in [1.807, 2.05) is 6.92 Å². The quantitative estimate of drug-likeness (QED) is 0.802. The summed E-state index contributed by atoms with van der Waals surface area (Å²) in [5.74, 6) is 1.28. The Kier molecular flexibility index (Phi) is 4.50. The molecular formula is C12H16ClNO2. The van der Waals surface area contributed by atoms with Crippen LogP contribution in [0.5, 0.6) is 11.5 Å². The van der Waals surface area contributed by atoms with Gasteiger partial charge < -0.3 is 14.8 Å². The molecule has 1 aromatic carbocycles. The molecule has 0 heterocycles. The van der Waals surface area contributed by atoms with Crippen molar-refractivity contribution in [2.45, 2.75) is 13.0 Å². The number of hydrogen-bond acceptors (Lipinski definition) is 3. The molecule has 0 amide bonds. The molecule has 0 aliphatic carbocycles. The summed E-state index contributed by atoms with van der Waals surface area (Å²) in [6.07, 6.45) is 1.80. The summed E-state index contributed by atoms with van der Waals surface area (Å²) >= 11 is 6.04. The first-order chi connectivity index (χ1) is 7.62. The molecule has 0 aliphatic heterocycles. The SMILES string of the molecule is C=CC(C)Nc1cc(Cl)c(OC)cc1OC. The van der Waals surface area contributed by atoms with E-state index in [-0.39, 0.29) is 6.04 Å². The van der Waals surface area contributed by atoms with Crippen LogP contribution in [0.1, 0.15) is 6.92 Å². The van der Waals surface area contributed by atoms with E-state index < -0.39 is 0 Å². The Morgan fingerprint density at radius 2 is 1.94 bits per heavy atom. The van der Waals surface area contributed by atoms with Crippen molar-refractivity contribution in [3.8, 4) is 11.5 Å². The van der Waals surface area contributed by atoms with Gasteiger partial charge in [-0.1, -0.05) is 17.7 Å². The van der Waals surface area contributed by atoms with Crippen LogP contribution in [-0.4, -0.2) is 20.3 Å². The van der Waals surface area contributed by atoms with E-state index in [1.54, 1.807) is 32.4 Å². The van der Waals surface area contributed by atoms with Crippen LogP contribution < -0.4 is 14.8 Å². The molecule has 1 atom stereocenters. The second kappa shape index (κ2) is 5.66. The fraction of sp³-hybridized carbons (Fsp3) is 0.333. The van der Waals surface area contributed by atoms with E-state index in [2.05, 4.69) is 11.9 Å². The molecule has 88 valence electrons. The topological polar surface area (TPSA) is 30.5 Å². The summed E-state index contributed by atoms with van der Waals surface area (Å²) < 4.78 is 10.4. The van der Waals surface area contributed by atoms with Gasteiger partial charge in [0, 0.05) is 12.1 Å². The summed E-state index contributed by atoms with van der Waals surface area (Å²) in [6.45, 7) is 5.70. The lowest BCUT2D eigenvalue weighted by Crippen LogP contribution is -2.12. The van der Waals surface area contributed by atoms with Gasteiger partial charge in [0.1, 0.15) is 11.5 Å². The molecule has 3 nitrogen and oxygen atoms in total. The number of ether oxygens (including phenoxy) is 2. The van der Waals surface area contributed by atoms with Gasteiger partial charge in [-0.05, 0) is 13.0 Å². The van der Waals surface area contributed by atoms with Gasteiger partial charge in [0.05, 0.1) is 24.9 Å². The van der Waals surface area contributed by atoms with Crippen molar-refractivity contribution in [1.82, 2.24) is 0 Å². The minimum Gasteiger partial charge on any atom is -0.495 e. The largest absolute Gasteiger partial charge is 0.495 e. The number of anilines is 1. The van der Waals surface area contributed by atoms with Crippen LogP contribution in [0.4, 0.5) is 5.69 Å². The van der Waals surface area contributed by atoms with Gasteiger partial charge in [-0.15, -0.1) is 6.58 Å². The third kappa shape index (κ3) is 2.83. The molecule has 0 aromatic heterocycles. The molecule has 4 heteroatoms. The molecule has 0 aliphatic rings. The van der Waals surface area contributed by atoms with Crippen LogP contribution in [0.15, 0.2) is 24.8 Å². The van der Waals surface area contributed by atoms with Gasteiger partial charge >= 0.3 is 0 Å². The molecule has 0 spiro atoms. The predicted molar refractivity (Wildman–Crippen MR) is 67.8 cm³/mol. The summed E-state index contributed by atoms with van der Waals surface area (Å²) in [5.41, 5.74) is 0.820. The lowest BCUT2D eigenvalue weighted by Gasteiger charge is -2.16. The zero-order valence-corrected chi connectivity index (χ0v) is 10.5. The molecule has 0 radical (unpaired) electrons. The van der Waals surface area contributed by atoms with Gasteiger partial charge in [-0.25, -0.2) is 0 Å². The fourth-order valence-corrected chi connectivity index (χ4v) is 1.52. The number of halogens is 1. The molecule has 0 saturated carbocycles. The second-order valence-corrected chi connectivity index (χ2v) is 3.76. The first kappa shape index (κ1) is 12.7. The van der Waals surface area contributed by atoms with Crippen LogP contribution in [0.25, 0.3) is 0 Å². The van der Waals surface area contributed by atoms with Crippen molar-refractivity contribution in [3.63, 3.8) is 0 Å². The van der Waals surface area contributed by atoms with E-state index in [9.17, 15) is 0 Å². The Labute approximate surface area is 101 Å². The van der Waals surface area contributed by atoms with E-state index in [0.717, 1.165) is 5.69 Å². The molecule has 1 N–H and O–H groups in total. The zero-order valence-electron chi connectivity index (χ0n) is 9.71. The average molecular weight is 242 g/mol. The molecule has 0 fully saturated rings. The minimum absolute atomic E-state index is 0.137. The number of nitrogens with one attached hydrogen (secondary N) is 1. The molecule has 0 bridgehead atoms. The van der Waals surface area contributed by atoms with Crippen molar-refractivity contribution < 1.29 is 9.47 Å². The highest BCUT2D eigenvalue weighted by Gasteiger charge is 2.10. The maximum Gasteiger partial charge on any atom is 0.145 e. The third-order valence-corrected chi connectivity index (χ3v) is 2.51. The van der Waals surface area contributed by atoms with Gasteiger partial charge in [0.2, 0.25) is 0 Å². The normalized spacial score (nSPS) is 11.8. The molecule has 0 saturated heterocycles. The minimum atomic E-state index is 0.137. The third-order valence-electron chi connectivity index (χ3n) is 2.21. The summed E-state index contributed by atoms with van der Waals surface area (Å²) in [6, 6.07) is 3.66. The molecular weight excluding hydrogens is 226 g/mol. The van der Waals surface area contributed by atoms with Gasteiger partial charge in [-0.3, -0.25) is 0 Å². The van der Waals surface area contributed by atoms with Crippen LogP contribution in [0, 0.1) is 0 Å². The first-order valence-corrected chi connectivity index (χ1v) is 5.30. The van der Waals surface area contributed by atoms with E-state index in [4.69, 9.17) is 21.1 Å². The number of methoxy groups -OCH3 is 2. The van der Waals surface area contributed by atoms with E-state index in [0.29, 0.717) is 16.5 Å². The van der Waals surface area contributed by atoms with Crippen LogP contribution >= 0.6 is 11.6 Å². The Hall–Kier alpha value is -1.35. The number of rotatable bonds is 5. The zero-order chi connectivity index (χ0) is 12.1. The monoisotopic (exact) mass is 241 g/mol. The van der Waals surface area contributed by atoms with Crippen LogP contribution in [0.3, 0.4) is 0 Å². The maximum atomic E-state index is 6.04. The molecule has 1 unspecified atom stereocenters. The van der Waals surface area contributed by atoms with Crippen molar-refractivity contribution in [1.29, 1.82) is 0 Å². The lowest BCUT2D eigenvalue weighted by molar-refractivity contribution is 0.395. The fourth-order valence-electron chi connectivity index (χ4n) is 1.28. The first-order valence-electron chi connectivity index (χ1n) is 4.93. The Balaban J connectivity index is 3.07. The highest BCUT2D eigenvalue weighted by atomic mass is 35.5. The molecule has 16 heavy (non-hydrogen) atoms. The van der Waals surface area contributed by atoms with Crippen LogP contribution in [-0.2, 0) is 0 Å². The van der Waals surface area contributed by atoms with Gasteiger partial charge in [-0.2, -0.15) is 0 Å². The van der Waals surface area contributed by atoms with Crippen molar-refractivity contribution in [3.05, 3.63) is 29.8 Å². The number of benzene rings is 1. The van der Waals surface area contributed by atoms with E-state index in [1.165, 1.54) is 0 Å². The average Bonchev–Trinajstić information content (AvgIpc) is 2.29. The lowest BCUT2D eigenvalue weighted by atomic mass is 10.2. The van der Waals surface area contributed by atoms with Gasteiger partial charge in [0.15, 0.2) is 0 Å². The Morgan fingerprint density at radius 1 is 1.31 bits per heavy atom. The summed E-state index contributed by atoms with van der Waals surface area (Å²) in [4.78, 5) is 0. The predicted octanol–water partition coefficient (Wildman–Crippen LogP) is 3.34. The van der Waals surface area contributed by atoms with Gasteiger partial charge in [0.25, 0.3) is 0 Å². The maximum absolute atomic E-state index is 6.04.